The molecular formula is C10H23NS. The fourth-order valence-electron chi connectivity index (χ4n) is 0.907. The lowest BCUT2D eigenvalue weighted by Gasteiger charge is -2.17. The third-order valence-corrected chi connectivity index (χ3v) is 2.89. The molecular weight excluding hydrogens is 166 g/mol. The fraction of sp³-hybridized carbons (Fsp3) is 1.00. The third kappa shape index (κ3) is 10.3. The molecule has 0 aromatic rings. The molecule has 74 valence electrons. The molecule has 0 atom stereocenters. The van der Waals surface area contributed by atoms with E-state index in [2.05, 4.69) is 44.8 Å². The van der Waals surface area contributed by atoms with Gasteiger partial charge in [0.1, 0.15) is 0 Å². The quantitative estimate of drug-likeness (QED) is 0.645. The first-order valence-corrected chi connectivity index (χ1v) is 5.89. The van der Waals surface area contributed by atoms with Gasteiger partial charge in [0.05, 0.1) is 0 Å². The highest BCUT2D eigenvalue weighted by Gasteiger charge is 2.08. The van der Waals surface area contributed by atoms with Gasteiger partial charge in [-0.15, -0.1) is 0 Å². The normalized spacial score (nSPS) is 12.0. The van der Waals surface area contributed by atoms with Crippen LogP contribution in [0.15, 0.2) is 0 Å². The van der Waals surface area contributed by atoms with Crippen LogP contribution in [0.4, 0.5) is 0 Å². The Morgan fingerprint density at radius 1 is 1.17 bits per heavy atom. The van der Waals surface area contributed by atoms with E-state index in [9.17, 15) is 0 Å². The van der Waals surface area contributed by atoms with Crippen molar-refractivity contribution in [1.29, 1.82) is 0 Å². The maximum absolute atomic E-state index is 3.34. The summed E-state index contributed by atoms with van der Waals surface area (Å²) in [6.07, 6.45) is 2.66. The van der Waals surface area contributed by atoms with Gasteiger partial charge in [0.25, 0.3) is 0 Å². The first kappa shape index (κ1) is 12.3. The van der Waals surface area contributed by atoms with Crippen molar-refractivity contribution in [2.45, 2.75) is 45.3 Å². The summed E-state index contributed by atoms with van der Waals surface area (Å²) >= 11 is 2.06. The van der Waals surface area contributed by atoms with Crippen LogP contribution in [-0.4, -0.2) is 23.6 Å². The van der Waals surface area contributed by atoms with E-state index in [1.54, 1.807) is 0 Å². The van der Waals surface area contributed by atoms with Gasteiger partial charge in [-0.05, 0) is 31.7 Å². The number of hydrogen-bond donors (Lipinski definition) is 1. The van der Waals surface area contributed by atoms with Crippen molar-refractivity contribution in [1.82, 2.24) is 5.32 Å². The molecule has 0 amide bonds. The number of hydrogen-bond acceptors (Lipinski definition) is 2. The lowest BCUT2D eigenvalue weighted by Crippen LogP contribution is -2.14. The first-order valence-electron chi connectivity index (χ1n) is 4.91. The Kier molecular flexibility index (Phi) is 6.96. The SMILES string of the molecule is CCNCCCCSC(C)(C)C. The number of rotatable bonds is 6. The van der Waals surface area contributed by atoms with Gasteiger partial charge in [0.15, 0.2) is 0 Å². The monoisotopic (exact) mass is 189 g/mol. The molecule has 0 aromatic heterocycles. The summed E-state index contributed by atoms with van der Waals surface area (Å²) in [6, 6.07) is 0. The second-order valence-electron chi connectivity index (χ2n) is 4.02. The van der Waals surface area contributed by atoms with Crippen molar-refractivity contribution in [3.05, 3.63) is 0 Å². The summed E-state index contributed by atoms with van der Waals surface area (Å²) in [5.74, 6) is 1.30. The molecule has 0 aliphatic rings. The van der Waals surface area contributed by atoms with Crippen LogP contribution < -0.4 is 5.32 Å². The van der Waals surface area contributed by atoms with Gasteiger partial charge >= 0.3 is 0 Å². The lowest BCUT2D eigenvalue weighted by atomic mass is 10.3. The van der Waals surface area contributed by atoms with E-state index in [0.717, 1.165) is 6.54 Å². The summed E-state index contributed by atoms with van der Waals surface area (Å²) in [7, 11) is 0. The molecule has 0 rings (SSSR count). The summed E-state index contributed by atoms with van der Waals surface area (Å²) < 4.78 is 0.443. The highest BCUT2D eigenvalue weighted by atomic mass is 32.2. The van der Waals surface area contributed by atoms with Crippen LogP contribution in [0, 0.1) is 0 Å². The van der Waals surface area contributed by atoms with E-state index < -0.39 is 0 Å². The van der Waals surface area contributed by atoms with Crippen molar-refractivity contribution in [2.24, 2.45) is 0 Å². The van der Waals surface area contributed by atoms with E-state index in [1.165, 1.54) is 25.1 Å². The zero-order chi connectivity index (χ0) is 9.45. The van der Waals surface area contributed by atoms with Crippen molar-refractivity contribution >= 4 is 11.8 Å². The Labute approximate surface area is 81.7 Å². The summed E-state index contributed by atoms with van der Waals surface area (Å²) in [5, 5.41) is 3.34. The summed E-state index contributed by atoms with van der Waals surface area (Å²) in [5.41, 5.74) is 0. The van der Waals surface area contributed by atoms with Gasteiger partial charge in [-0.1, -0.05) is 27.7 Å². The van der Waals surface area contributed by atoms with Gasteiger partial charge in [-0.3, -0.25) is 0 Å². The molecule has 1 N–H and O–H groups in total. The van der Waals surface area contributed by atoms with Crippen LogP contribution in [0.3, 0.4) is 0 Å². The molecule has 0 saturated heterocycles. The molecule has 0 unspecified atom stereocenters. The van der Waals surface area contributed by atoms with E-state index in [-0.39, 0.29) is 0 Å². The molecule has 2 heteroatoms. The van der Waals surface area contributed by atoms with Crippen LogP contribution in [0.2, 0.25) is 0 Å². The van der Waals surface area contributed by atoms with Crippen LogP contribution in [0.1, 0.15) is 40.5 Å². The maximum Gasteiger partial charge on any atom is 0.00750 e. The van der Waals surface area contributed by atoms with Gasteiger partial charge in [-0.2, -0.15) is 11.8 Å². The van der Waals surface area contributed by atoms with Crippen molar-refractivity contribution < 1.29 is 0 Å². The largest absolute Gasteiger partial charge is 0.317 e. The number of nitrogens with one attached hydrogen (secondary N) is 1. The molecule has 0 saturated carbocycles. The average Bonchev–Trinajstić information content (AvgIpc) is 1.94. The second-order valence-corrected chi connectivity index (χ2v) is 5.94. The summed E-state index contributed by atoms with van der Waals surface area (Å²) in [6.45, 7) is 11.3. The molecule has 0 aliphatic heterocycles. The van der Waals surface area contributed by atoms with Gasteiger partial charge < -0.3 is 5.32 Å². The molecule has 0 heterocycles. The number of thioether (sulfide) groups is 1. The molecule has 0 aromatic carbocycles. The van der Waals surface area contributed by atoms with Crippen LogP contribution >= 0.6 is 11.8 Å². The smallest absolute Gasteiger partial charge is 0.00750 e. The highest BCUT2D eigenvalue weighted by molar-refractivity contribution is 8.00. The van der Waals surface area contributed by atoms with Crippen LogP contribution in [-0.2, 0) is 0 Å². The van der Waals surface area contributed by atoms with Gasteiger partial charge in [-0.25, -0.2) is 0 Å². The Morgan fingerprint density at radius 2 is 1.83 bits per heavy atom. The second kappa shape index (κ2) is 6.79. The van der Waals surface area contributed by atoms with E-state index in [1.807, 2.05) is 0 Å². The van der Waals surface area contributed by atoms with Crippen molar-refractivity contribution in [3.8, 4) is 0 Å². The molecule has 0 fully saturated rings. The fourth-order valence-corrected chi connectivity index (χ4v) is 1.87. The molecule has 0 radical (unpaired) electrons. The van der Waals surface area contributed by atoms with Crippen molar-refractivity contribution in [2.75, 3.05) is 18.8 Å². The molecule has 0 bridgehead atoms. The third-order valence-electron chi connectivity index (χ3n) is 1.53. The van der Waals surface area contributed by atoms with E-state index in [4.69, 9.17) is 0 Å². The van der Waals surface area contributed by atoms with Gasteiger partial charge in [0.2, 0.25) is 0 Å². The maximum atomic E-state index is 3.34. The van der Waals surface area contributed by atoms with Crippen LogP contribution in [0.25, 0.3) is 0 Å². The predicted octanol–water partition coefficient (Wildman–Crippen LogP) is 2.91. The highest BCUT2D eigenvalue weighted by Crippen LogP contribution is 2.23. The van der Waals surface area contributed by atoms with Gasteiger partial charge in [0, 0.05) is 4.75 Å². The minimum atomic E-state index is 0.443. The minimum Gasteiger partial charge on any atom is -0.317 e. The zero-order valence-corrected chi connectivity index (χ0v) is 9.76. The zero-order valence-electron chi connectivity index (χ0n) is 8.94. The standard InChI is InChI=1S/C10H23NS/c1-5-11-8-6-7-9-12-10(2,3)4/h11H,5-9H2,1-4H3. The Morgan fingerprint density at radius 3 is 2.33 bits per heavy atom. The summed E-state index contributed by atoms with van der Waals surface area (Å²) in [4.78, 5) is 0. The number of unbranched alkanes of at least 4 members (excludes halogenated alkanes) is 1. The van der Waals surface area contributed by atoms with E-state index >= 15 is 0 Å². The molecule has 1 nitrogen and oxygen atoms in total. The predicted molar refractivity (Wildman–Crippen MR) is 60.0 cm³/mol. The Hall–Kier alpha value is 0.310. The van der Waals surface area contributed by atoms with E-state index in [0.29, 0.717) is 4.75 Å². The first-order chi connectivity index (χ1) is 5.56. The topological polar surface area (TPSA) is 12.0 Å². The minimum absolute atomic E-state index is 0.443. The van der Waals surface area contributed by atoms with Crippen molar-refractivity contribution in [3.63, 3.8) is 0 Å². The Bertz CT molecular complexity index is 96.5. The lowest BCUT2D eigenvalue weighted by molar-refractivity contribution is 0.664. The Balaban J connectivity index is 3.01. The molecule has 12 heavy (non-hydrogen) atoms. The molecule has 0 aliphatic carbocycles. The molecule has 0 spiro atoms. The average molecular weight is 189 g/mol. The van der Waals surface area contributed by atoms with Crippen LogP contribution in [0.5, 0.6) is 0 Å².